The number of anilines is 2. The zero-order valence-corrected chi connectivity index (χ0v) is 11.2. The van der Waals surface area contributed by atoms with E-state index < -0.39 is 5.92 Å². The van der Waals surface area contributed by atoms with Gasteiger partial charge in [0.25, 0.3) is 0 Å². The molecule has 19 heavy (non-hydrogen) atoms. The lowest BCUT2D eigenvalue weighted by atomic mass is 10.1. The standard InChI is InChI=1S/C14H16N2O3/c1-9-8-15(10(2)17)12-6-4-5-7-13(12)16(11(3)18)14(9)19/h4-7,9H,8H2,1-3H3/t9-/m0/s1. The molecule has 1 atom stereocenters. The average Bonchev–Trinajstić information content (AvgIpc) is 2.46. The number of carbonyl (C=O) groups is 3. The predicted octanol–water partition coefficient (Wildman–Crippen LogP) is 1.57. The Kier molecular flexibility index (Phi) is 3.38. The lowest BCUT2D eigenvalue weighted by Crippen LogP contribution is -2.40. The van der Waals surface area contributed by atoms with Crippen LogP contribution in [0.15, 0.2) is 24.3 Å². The first-order valence-corrected chi connectivity index (χ1v) is 6.15. The summed E-state index contributed by atoms with van der Waals surface area (Å²) in [6, 6.07) is 6.96. The van der Waals surface area contributed by atoms with Gasteiger partial charge >= 0.3 is 0 Å². The van der Waals surface area contributed by atoms with Crippen molar-refractivity contribution in [1.82, 2.24) is 0 Å². The Bertz CT molecular complexity index is 553. The first kappa shape index (κ1) is 13.3. The molecule has 1 aliphatic rings. The number of carbonyl (C=O) groups excluding carboxylic acids is 3. The monoisotopic (exact) mass is 260 g/mol. The number of amides is 3. The van der Waals surface area contributed by atoms with E-state index in [9.17, 15) is 14.4 Å². The van der Waals surface area contributed by atoms with Crippen LogP contribution >= 0.6 is 0 Å². The zero-order valence-electron chi connectivity index (χ0n) is 11.2. The fourth-order valence-corrected chi connectivity index (χ4v) is 2.29. The number of hydrogen-bond donors (Lipinski definition) is 0. The third-order valence-corrected chi connectivity index (χ3v) is 3.21. The molecule has 0 fully saturated rings. The molecule has 1 aromatic carbocycles. The number of imide groups is 1. The zero-order chi connectivity index (χ0) is 14.2. The Hall–Kier alpha value is -2.17. The molecule has 1 aliphatic heterocycles. The Morgan fingerprint density at radius 3 is 2.21 bits per heavy atom. The van der Waals surface area contributed by atoms with Gasteiger partial charge in [0.2, 0.25) is 17.7 Å². The van der Waals surface area contributed by atoms with Crippen molar-refractivity contribution in [1.29, 1.82) is 0 Å². The maximum Gasteiger partial charge on any atom is 0.238 e. The van der Waals surface area contributed by atoms with E-state index in [1.54, 1.807) is 36.1 Å². The van der Waals surface area contributed by atoms with Gasteiger partial charge in [0.05, 0.1) is 17.3 Å². The number of rotatable bonds is 0. The second kappa shape index (κ2) is 4.84. The fourth-order valence-electron chi connectivity index (χ4n) is 2.29. The van der Waals surface area contributed by atoms with Crippen molar-refractivity contribution < 1.29 is 14.4 Å². The van der Waals surface area contributed by atoms with Crippen molar-refractivity contribution >= 4 is 29.1 Å². The van der Waals surface area contributed by atoms with E-state index in [1.165, 1.54) is 13.8 Å². The molecular weight excluding hydrogens is 244 g/mol. The Morgan fingerprint density at radius 1 is 1.11 bits per heavy atom. The van der Waals surface area contributed by atoms with Crippen LogP contribution in [-0.2, 0) is 14.4 Å². The molecule has 0 unspecified atom stereocenters. The van der Waals surface area contributed by atoms with Crippen LogP contribution in [0.2, 0.25) is 0 Å². The highest BCUT2D eigenvalue weighted by Gasteiger charge is 2.34. The van der Waals surface area contributed by atoms with Gasteiger partial charge in [-0.25, -0.2) is 4.90 Å². The van der Waals surface area contributed by atoms with Gasteiger partial charge in [0, 0.05) is 20.4 Å². The highest BCUT2D eigenvalue weighted by Crippen LogP contribution is 2.34. The average molecular weight is 260 g/mol. The highest BCUT2D eigenvalue weighted by molar-refractivity contribution is 6.18. The minimum absolute atomic E-state index is 0.141. The topological polar surface area (TPSA) is 57.7 Å². The molecule has 0 aromatic heterocycles. The smallest absolute Gasteiger partial charge is 0.238 e. The summed E-state index contributed by atoms with van der Waals surface area (Å²) in [7, 11) is 0. The van der Waals surface area contributed by atoms with E-state index >= 15 is 0 Å². The predicted molar refractivity (Wildman–Crippen MR) is 71.8 cm³/mol. The maximum atomic E-state index is 12.3. The first-order valence-electron chi connectivity index (χ1n) is 6.15. The van der Waals surface area contributed by atoms with E-state index in [4.69, 9.17) is 0 Å². The second-order valence-electron chi connectivity index (χ2n) is 4.71. The Balaban J connectivity index is 2.65. The van der Waals surface area contributed by atoms with E-state index in [0.29, 0.717) is 11.4 Å². The van der Waals surface area contributed by atoms with Crippen LogP contribution in [0, 0.1) is 5.92 Å². The van der Waals surface area contributed by atoms with Gasteiger partial charge in [-0.1, -0.05) is 19.1 Å². The maximum absolute atomic E-state index is 12.3. The van der Waals surface area contributed by atoms with Gasteiger partial charge < -0.3 is 4.90 Å². The molecule has 1 heterocycles. The molecule has 5 nitrogen and oxygen atoms in total. The number of para-hydroxylation sites is 2. The summed E-state index contributed by atoms with van der Waals surface area (Å²) in [5, 5.41) is 0. The summed E-state index contributed by atoms with van der Waals surface area (Å²) in [4.78, 5) is 38.5. The summed E-state index contributed by atoms with van der Waals surface area (Å²) in [6.07, 6.45) is 0. The molecule has 0 saturated heterocycles. The van der Waals surface area contributed by atoms with Crippen molar-refractivity contribution in [2.75, 3.05) is 16.3 Å². The number of nitrogens with zero attached hydrogens (tertiary/aromatic N) is 2. The molecule has 0 saturated carbocycles. The molecule has 3 amide bonds. The van der Waals surface area contributed by atoms with E-state index in [0.717, 1.165) is 4.90 Å². The van der Waals surface area contributed by atoms with Crippen LogP contribution in [-0.4, -0.2) is 24.3 Å². The summed E-state index contributed by atoms with van der Waals surface area (Å²) in [5.41, 5.74) is 1.07. The van der Waals surface area contributed by atoms with Crippen LogP contribution in [0.25, 0.3) is 0 Å². The summed E-state index contributed by atoms with van der Waals surface area (Å²) >= 11 is 0. The van der Waals surface area contributed by atoms with Crippen molar-refractivity contribution in [2.24, 2.45) is 5.92 Å². The first-order chi connectivity index (χ1) is 8.93. The molecule has 5 heteroatoms. The molecular formula is C14H16N2O3. The van der Waals surface area contributed by atoms with Gasteiger partial charge in [0.1, 0.15) is 0 Å². The Morgan fingerprint density at radius 2 is 1.68 bits per heavy atom. The normalized spacial score (nSPS) is 18.9. The number of hydrogen-bond acceptors (Lipinski definition) is 3. The molecule has 0 aliphatic carbocycles. The van der Waals surface area contributed by atoms with Gasteiger partial charge in [-0.2, -0.15) is 0 Å². The largest absolute Gasteiger partial charge is 0.310 e. The molecule has 0 N–H and O–H groups in total. The fraction of sp³-hybridized carbons (Fsp3) is 0.357. The number of fused-ring (bicyclic) bond motifs is 1. The van der Waals surface area contributed by atoms with Gasteiger partial charge in [-0.3, -0.25) is 14.4 Å². The van der Waals surface area contributed by atoms with E-state index in [-0.39, 0.29) is 24.3 Å². The molecule has 2 rings (SSSR count). The lowest BCUT2D eigenvalue weighted by Gasteiger charge is -2.22. The van der Waals surface area contributed by atoms with Crippen LogP contribution in [0.1, 0.15) is 20.8 Å². The molecule has 100 valence electrons. The van der Waals surface area contributed by atoms with Crippen molar-refractivity contribution in [3.05, 3.63) is 24.3 Å². The number of benzene rings is 1. The highest BCUT2D eigenvalue weighted by atomic mass is 16.2. The van der Waals surface area contributed by atoms with Crippen molar-refractivity contribution in [3.63, 3.8) is 0 Å². The van der Waals surface area contributed by atoms with Gasteiger partial charge in [-0.15, -0.1) is 0 Å². The third-order valence-electron chi connectivity index (χ3n) is 3.21. The van der Waals surface area contributed by atoms with Crippen LogP contribution in [0.5, 0.6) is 0 Å². The summed E-state index contributed by atoms with van der Waals surface area (Å²) < 4.78 is 0. The second-order valence-corrected chi connectivity index (χ2v) is 4.71. The van der Waals surface area contributed by atoms with Crippen molar-refractivity contribution in [2.45, 2.75) is 20.8 Å². The molecule has 0 radical (unpaired) electrons. The van der Waals surface area contributed by atoms with Crippen LogP contribution < -0.4 is 9.80 Å². The van der Waals surface area contributed by atoms with Gasteiger partial charge in [0.15, 0.2) is 0 Å². The third kappa shape index (κ3) is 2.23. The molecule has 0 spiro atoms. The summed E-state index contributed by atoms with van der Waals surface area (Å²) in [6.45, 7) is 4.82. The van der Waals surface area contributed by atoms with Gasteiger partial charge in [-0.05, 0) is 12.1 Å². The van der Waals surface area contributed by atoms with Crippen LogP contribution in [0.4, 0.5) is 11.4 Å². The lowest BCUT2D eigenvalue weighted by molar-refractivity contribution is -0.127. The van der Waals surface area contributed by atoms with Crippen molar-refractivity contribution in [3.8, 4) is 0 Å². The van der Waals surface area contributed by atoms with Crippen LogP contribution in [0.3, 0.4) is 0 Å². The van der Waals surface area contributed by atoms with E-state index in [1.807, 2.05) is 0 Å². The molecule has 1 aromatic rings. The minimum Gasteiger partial charge on any atom is -0.310 e. The SMILES string of the molecule is CC(=O)N1C[C@H](C)C(=O)N(C(C)=O)c2ccccc21. The summed E-state index contributed by atoms with van der Waals surface area (Å²) in [5.74, 6) is -1.17. The van der Waals surface area contributed by atoms with E-state index in [2.05, 4.69) is 0 Å². The molecule has 0 bridgehead atoms. The quantitative estimate of drug-likeness (QED) is 0.711. The Labute approximate surface area is 111 Å². The minimum atomic E-state index is -0.416.